The van der Waals surface area contributed by atoms with Crippen molar-refractivity contribution in [3.63, 3.8) is 0 Å². The van der Waals surface area contributed by atoms with Crippen molar-refractivity contribution in [2.45, 2.75) is 19.1 Å². The summed E-state index contributed by atoms with van der Waals surface area (Å²) in [5.41, 5.74) is 7.29. The SMILES string of the molecule is COC(=O)C(N)Cc1ccc(OC)c(COc2cccc([N+](=O)[O-])c2)c1. The Hall–Kier alpha value is -3.13. The van der Waals surface area contributed by atoms with Crippen LogP contribution >= 0.6 is 0 Å². The van der Waals surface area contributed by atoms with Crippen molar-refractivity contribution in [1.29, 1.82) is 0 Å². The summed E-state index contributed by atoms with van der Waals surface area (Å²) in [6.07, 6.45) is 0.306. The predicted octanol–water partition coefficient (Wildman–Crippen LogP) is 2.23. The predicted molar refractivity (Wildman–Crippen MR) is 94.1 cm³/mol. The van der Waals surface area contributed by atoms with Gasteiger partial charge >= 0.3 is 5.97 Å². The van der Waals surface area contributed by atoms with Gasteiger partial charge in [0, 0.05) is 11.6 Å². The van der Waals surface area contributed by atoms with Crippen molar-refractivity contribution in [3.8, 4) is 11.5 Å². The average molecular weight is 360 g/mol. The third-order valence-corrected chi connectivity index (χ3v) is 3.73. The Labute approximate surface area is 150 Å². The van der Waals surface area contributed by atoms with Gasteiger partial charge in [0.25, 0.3) is 5.69 Å². The number of nitro groups is 1. The molecule has 0 heterocycles. The van der Waals surface area contributed by atoms with Crippen LogP contribution in [0, 0.1) is 10.1 Å². The van der Waals surface area contributed by atoms with Crippen LogP contribution in [0.15, 0.2) is 42.5 Å². The monoisotopic (exact) mass is 360 g/mol. The summed E-state index contributed by atoms with van der Waals surface area (Å²) in [5.74, 6) is 0.485. The number of non-ortho nitro benzene ring substituents is 1. The van der Waals surface area contributed by atoms with Gasteiger partial charge in [-0.2, -0.15) is 0 Å². The molecule has 0 saturated heterocycles. The Morgan fingerprint density at radius 3 is 2.65 bits per heavy atom. The van der Waals surface area contributed by atoms with Gasteiger partial charge in [0.2, 0.25) is 0 Å². The number of carbonyl (C=O) groups excluding carboxylic acids is 1. The smallest absolute Gasteiger partial charge is 0.322 e. The van der Waals surface area contributed by atoms with E-state index in [1.807, 2.05) is 6.07 Å². The lowest BCUT2D eigenvalue weighted by Crippen LogP contribution is -2.33. The number of carbonyl (C=O) groups is 1. The van der Waals surface area contributed by atoms with Gasteiger partial charge in [0.05, 0.1) is 25.2 Å². The molecule has 0 aliphatic heterocycles. The van der Waals surface area contributed by atoms with Crippen molar-refractivity contribution < 1.29 is 23.9 Å². The molecule has 0 fully saturated rings. The number of rotatable bonds is 8. The summed E-state index contributed by atoms with van der Waals surface area (Å²) in [7, 11) is 2.82. The Balaban J connectivity index is 2.14. The second-order valence-corrected chi connectivity index (χ2v) is 5.52. The van der Waals surface area contributed by atoms with Crippen LogP contribution in [0.5, 0.6) is 11.5 Å². The molecule has 26 heavy (non-hydrogen) atoms. The number of hydrogen-bond acceptors (Lipinski definition) is 7. The number of benzene rings is 2. The van der Waals surface area contributed by atoms with E-state index in [-0.39, 0.29) is 12.3 Å². The van der Waals surface area contributed by atoms with Crippen molar-refractivity contribution in [3.05, 3.63) is 63.7 Å². The minimum Gasteiger partial charge on any atom is -0.496 e. The zero-order chi connectivity index (χ0) is 19.1. The van der Waals surface area contributed by atoms with Gasteiger partial charge in [-0.05, 0) is 30.2 Å². The number of nitrogens with two attached hydrogens (primary N) is 1. The molecular formula is C18H20N2O6. The Morgan fingerprint density at radius 1 is 1.23 bits per heavy atom. The average Bonchev–Trinajstić information content (AvgIpc) is 2.65. The summed E-state index contributed by atoms with van der Waals surface area (Å²) in [6.45, 7) is 0.144. The molecule has 2 aromatic carbocycles. The topological polar surface area (TPSA) is 114 Å². The lowest BCUT2D eigenvalue weighted by Gasteiger charge is -2.14. The maximum Gasteiger partial charge on any atom is 0.322 e. The molecule has 0 bridgehead atoms. The number of esters is 1. The van der Waals surface area contributed by atoms with Crippen LogP contribution in [0.4, 0.5) is 5.69 Å². The van der Waals surface area contributed by atoms with Crippen molar-refractivity contribution in [2.24, 2.45) is 5.73 Å². The highest BCUT2D eigenvalue weighted by Gasteiger charge is 2.16. The zero-order valence-electron chi connectivity index (χ0n) is 14.5. The molecule has 2 rings (SSSR count). The second kappa shape index (κ2) is 8.82. The highest BCUT2D eigenvalue weighted by atomic mass is 16.6. The molecular weight excluding hydrogens is 340 g/mol. The van der Waals surface area contributed by atoms with Gasteiger partial charge in [-0.3, -0.25) is 14.9 Å². The van der Waals surface area contributed by atoms with E-state index in [1.54, 1.807) is 24.3 Å². The highest BCUT2D eigenvalue weighted by Crippen LogP contribution is 2.24. The summed E-state index contributed by atoms with van der Waals surface area (Å²) < 4.78 is 15.6. The Morgan fingerprint density at radius 2 is 2.00 bits per heavy atom. The molecule has 0 aliphatic rings. The lowest BCUT2D eigenvalue weighted by molar-refractivity contribution is -0.384. The van der Waals surface area contributed by atoms with E-state index in [1.165, 1.54) is 26.4 Å². The molecule has 8 nitrogen and oxygen atoms in total. The van der Waals surface area contributed by atoms with E-state index in [4.69, 9.17) is 15.2 Å². The van der Waals surface area contributed by atoms with Gasteiger partial charge in [-0.25, -0.2) is 0 Å². The second-order valence-electron chi connectivity index (χ2n) is 5.52. The number of nitrogens with zero attached hydrogens (tertiary/aromatic N) is 1. The molecule has 0 aromatic heterocycles. The maximum absolute atomic E-state index is 11.5. The fourth-order valence-electron chi connectivity index (χ4n) is 2.41. The molecule has 0 spiro atoms. The lowest BCUT2D eigenvalue weighted by atomic mass is 10.0. The van der Waals surface area contributed by atoms with Gasteiger partial charge in [-0.1, -0.05) is 12.1 Å². The largest absolute Gasteiger partial charge is 0.496 e. The quantitative estimate of drug-likeness (QED) is 0.436. The van der Waals surface area contributed by atoms with Gasteiger partial charge in [0.1, 0.15) is 24.1 Å². The van der Waals surface area contributed by atoms with E-state index in [9.17, 15) is 14.9 Å². The molecule has 138 valence electrons. The number of nitro benzene ring substituents is 1. The van der Waals surface area contributed by atoms with E-state index in [2.05, 4.69) is 4.74 Å². The van der Waals surface area contributed by atoms with Crippen molar-refractivity contribution >= 4 is 11.7 Å². The van der Waals surface area contributed by atoms with Crippen LogP contribution in [0.1, 0.15) is 11.1 Å². The highest BCUT2D eigenvalue weighted by molar-refractivity contribution is 5.75. The normalized spacial score (nSPS) is 11.5. The first-order valence-electron chi connectivity index (χ1n) is 7.81. The molecule has 0 radical (unpaired) electrons. The first-order chi connectivity index (χ1) is 12.4. The van der Waals surface area contributed by atoms with Crippen molar-refractivity contribution in [2.75, 3.05) is 14.2 Å². The number of hydrogen-bond donors (Lipinski definition) is 1. The fourth-order valence-corrected chi connectivity index (χ4v) is 2.41. The third-order valence-electron chi connectivity index (χ3n) is 3.73. The van der Waals surface area contributed by atoms with Crippen LogP contribution in [0.3, 0.4) is 0 Å². The first-order valence-corrected chi connectivity index (χ1v) is 7.81. The zero-order valence-corrected chi connectivity index (χ0v) is 14.5. The summed E-state index contributed by atoms with van der Waals surface area (Å²) in [6, 6.07) is 10.5. The first kappa shape index (κ1) is 19.2. The minimum atomic E-state index is -0.765. The van der Waals surface area contributed by atoms with E-state index in [0.29, 0.717) is 17.9 Å². The van der Waals surface area contributed by atoms with E-state index < -0.39 is 16.9 Å². The van der Waals surface area contributed by atoms with Crippen LogP contribution < -0.4 is 15.2 Å². The van der Waals surface area contributed by atoms with E-state index >= 15 is 0 Å². The van der Waals surface area contributed by atoms with Crippen LogP contribution in [-0.4, -0.2) is 31.2 Å². The Bertz CT molecular complexity index is 793. The number of methoxy groups -OCH3 is 2. The van der Waals surface area contributed by atoms with Crippen LogP contribution in [0.25, 0.3) is 0 Å². The van der Waals surface area contributed by atoms with Gasteiger partial charge < -0.3 is 19.9 Å². The molecule has 2 aromatic rings. The maximum atomic E-state index is 11.5. The molecule has 1 atom stereocenters. The van der Waals surface area contributed by atoms with Crippen LogP contribution in [0.2, 0.25) is 0 Å². The molecule has 0 amide bonds. The fraction of sp³-hybridized carbons (Fsp3) is 0.278. The molecule has 0 saturated carbocycles. The standard InChI is InChI=1S/C18H20N2O6/c1-24-17-7-6-12(9-16(19)18(21)25-2)8-13(17)11-26-15-5-3-4-14(10-15)20(22)23/h3-8,10,16H,9,11,19H2,1-2H3. The summed E-state index contributed by atoms with van der Waals surface area (Å²) in [5, 5.41) is 10.8. The van der Waals surface area contributed by atoms with Gasteiger partial charge in [-0.15, -0.1) is 0 Å². The van der Waals surface area contributed by atoms with Crippen LogP contribution in [-0.2, 0) is 22.6 Å². The molecule has 1 unspecified atom stereocenters. The number of ether oxygens (including phenoxy) is 3. The molecule has 8 heteroatoms. The molecule has 0 aliphatic carbocycles. The minimum absolute atomic E-state index is 0.0488. The Kier molecular flexibility index (Phi) is 6.51. The molecule has 2 N–H and O–H groups in total. The van der Waals surface area contributed by atoms with Gasteiger partial charge in [0.15, 0.2) is 0 Å². The summed E-state index contributed by atoms with van der Waals surface area (Å²) >= 11 is 0. The van der Waals surface area contributed by atoms with Crippen molar-refractivity contribution in [1.82, 2.24) is 0 Å². The van der Waals surface area contributed by atoms with E-state index in [0.717, 1.165) is 11.1 Å². The summed E-state index contributed by atoms with van der Waals surface area (Å²) in [4.78, 5) is 21.8. The third kappa shape index (κ3) is 4.93.